The summed E-state index contributed by atoms with van der Waals surface area (Å²) in [5.74, 6) is -2.24. The molecule has 152 valence electrons. The molecule has 2 aromatic carbocycles. The van der Waals surface area contributed by atoms with Crippen molar-refractivity contribution in [3.05, 3.63) is 85.0 Å². The molecule has 0 atom stereocenters. The summed E-state index contributed by atoms with van der Waals surface area (Å²) in [4.78, 5) is 21.4. The van der Waals surface area contributed by atoms with Crippen molar-refractivity contribution in [2.45, 2.75) is 26.2 Å². The summed E-state index contributed by atoms with van der Waals surface area (Å²) in [5, 5.41) is 23.6. The highest BCUT2D eigenvalue weighted by atomic mass is 16.4. The zero-order valence-electron chi connectivity index (χ0n) is 16.2. The van der Waals surface area contributed by atoms with E-state index in [1.165, 1.54) is 0 Å². The minimum Gasteiger partial charge on any atom is -0.546 e. The molecule has 0 aliphatic rings. The normalized spacial score (nSPS) is 11.1. The number of nitrogens with zero attached hydrogens (tertiary/aromatic N) is 4. The highest BCUT2D eigenvalue weighted by Crippen LogP contribution is 2.18. The fourth-order valence-electron chi connectivity index (χ4n) is 3.51. The number of carbonyl (C=O) groups is 2. The number of hydrogen-bond acceptors (Lipinski definition) is 4. The third-order valence-corrected chi connectivity index (χ3v) is 4.82. The van der Waals surface area contributed by atoms with E-state index >= 15 is 0 Å². The average Bonchev–Trinajstić information content (AvgIpc) is 3.30. The number of aromatic nitrogens is 4. The summed E-state index contributed by atoms with van der Waals surface area (Å²) in [5.41, 5.74) is 2.22. The molecule has 0 aliphatic carbocycles. The Morgan fingerprint density at radius 2 is 1.17 bits per heavy atom. The van der Waals surface area contributed by atoms with Gasteiger partial charge in [-0.1, -0.05) is 24.3 Å². The van der Waals surface area contributed by atoms with Crippen molar-refractivity contribution < 1.29 is 28.9 Å². The Morgan fingerprint density at radius 3 is 1.57 bits per heavy atom. The Balaban J connectivity index is 1.47. The molecule has 0 radical (unpaired) electrons. The molecule has 0 fully saturated rings. The lowest BCUT2D eigenvalue weighted by atomic mass is 10.0. The molecular weight excluding hydrogens is 384 g/mol. The molecule has 8 heteroatoms. The van der Waals surface area contributed by atoms with Crippen LogP contribution in [-0.4, -0.2) is 21.1 Å². The molecule has 8 nitrogen and oxygen atoms in total. The second kappa shape index (κ2) is 8.20. The van der Waals surface area contributed by atoms with E-state index in [-0.39, 0.29) is 13.1 Å². The van der Waals surface area contributed by atoms with Crippen LogP contribution in [0, 0.1) is 0 Å². The van der Waals surface area contributed by atoms with E-state index in [1.807, 2.05) is 21.5 Å². The Kier molecular flexibility index (Phi) is 5.30. The van der Waals surface area contributed by atoms with Gasteiger partial charge in [0.25, 0.3) is 0 Å². The molecule has 0 N–H and O–H groups in total. The fraction of sp³-hybridized carbons (Fsp3) is 0.182. The average molecular weight is 404 g/mol. The zero-order valence-corrected chi connectivity index (χ0v) is 16.2. The van der Waals surface area contributed by atoms with Crippen molar-refractivity contribution >= 4 is 22.7 Å². The van der Waals surface area contributed by atoms with Crippen LogP contribution in [0.4, 0.5) is 0 Å². The lowest BCUT2D eigenvalue weighted by Gasteiger charge is -2.05. The van der Waals surface area contributed by atoms with E-state index < -0.39 is 11.9 Å². The second-order valence-electron chi connectivity index (χ2n) is 7.28. The summed E-state index contributed by atoms with van der Waals surface area (Å²) < 4.78 is 6.99. The Hall–Kier alpha value is -3.94. The van der Waals surface area contributed by atoms with Crippen LogP contribution < -0.4 is 19.3 Å². The molecule has 4 rings (SSSR count). The van der Waals surface area contributed by atoms with E-state index in [2.05, 4.69) is 36.4 Å². The molecule has 0 aliphatic heterocycles. The molecule has 2 aromatic heterocycles. The molecular formula is C22H20N4O4. The van der Waals surface area contributed by atoms with Gasteiger partial charge in [-0.25, -0.2) is 18.3 Å². The van der Waals surface area contributed by atoms with Crippen LogP contribution in [0.2, 0.25) is 0 Å². The van der Waals surface area contributed by atoms with Crippen molar-refractivity contribution in [1.82, 2.24) is 9.13 Å². The second-order valence-corrected chi connectivity index (χ2v) is 7.28. The van der Waals surface area contributed by atoms with Crippen LogP contribution in [0.15, 0.2) is 73.8 Å². The van der Waals surface area contributed by atoms with Crippen LogP contribution in [0.25, 0.3) is 10.8 Å². The largest absolute Gasteiger partial charge is 0.546 e. The van der Waals surface area contributed by atoms with Crippen LogP contribution in [0.5, 0.6) is 0 Å². The van der Waals surface area contributed by atoms with Crippen LogP contribution in [0.3, 0.4) is 0 Å². The summed E-state index contributed by atoms with van der Waals surface area (Å²) in [6, 6.07) is 12.5. The molecule has 0 saturated heterocycles. The van der Waals surface area contributed by atoms with Gasteiger partial charge in [0.15, 0.2) is 0 Å². The summed E-state index contributed by atoms with van der Waals surface area (Å²) >= 11 is 0. The fourth-order valence-corrected chi connectivity index (χ4v) is 3.51. The maximum Gasteiger partial charge on any atom is 0.244 e. The maximum absolute atomic E-state index is 10.7. The number of benzene rings is 2. The molecule has 2 heterocycles. The first-order valence-corrected chi connectivity index (χ1v) is 9.45. The standard InChI is InChI=1S/C22H20N4O4/c27-21(28)13-25-7-5-23(15-25)11-17-1-3-19-10-18(2-4-20(19)9-17)12-24-6-8-26(16-24)14-22(29)30/h1-10,15-16H,11-14H2. The molecule has 30 heavy (non-hydrogen) atoms. The number of carbonyl (C=O) groups excluding carboxylic acids is 2. The van der Waals surface area contributed by atoms with Crippen molar-refractivity contribution in [2.75, 3.05) is 0 Å². The smallest absolute Gasteiger partial charge is 0.244 e. The molecule has 0 bridgehead atoms. The molecule has 4 aromatic rings. The summed E-state index contributed by atoms with van der Waals surface area (Å²) in [6.07, 6.45) is 10.6. The first-order valence-electron chi connectivity index (χ1n) is 9.45. The molecule has 0 amide bonds. The van der Waals surface area contributed by atoms with Crippen molar-refractivity contribution in [2.24, 2.45) is 0 Å². The number of aliphatic carboxylic acids is 2. The maximum atomic E-state index is 10.7. The van der Waals surface area contributed by atoms with Gasteiger partial charge in [0.2, 0.25) is 12.7 Å². The van der Waals surface area contributed by atoms with Gasteiger partial charge in [-0.3, -0.25) is 0 Å². The number of rotatable bonds is 8. The van der Waals surface area contributed by atoms with E-state index in [1.54, 1.807) is 34.2 Å². The van der Waals surface area contributed by atoms with Gasteiger partial charge >= 0.3 is 0 Å². The lowest BCUT2D eigenvalue weighted by molar-refractivity contribution is -0.688. The van der Waals surface area contributed by atoms with Gasteiger partial charge in [-0.2, -0.15) is 0 Å². The van der Waals surface area contributed by atoms with Crippen molar-refractivity contribution in [3.8, 4) is 0 Å². The first kappa shape index (κ1) is 19.4. The predicted octanol–water partition coefficient (Wildman–Crippen LogP) is -1.39. The first-order chi connectivity index (χ1) is 14.4. The molecule has 0 unspecified atom stereocenters. The Labute approximate surface area is 172 Å². The van der Waals surface area contributed by atoms with E-state index in [9.17, 15) is 19.8 Å². The monoisotopic (exact) mass is 404 g/mol. The molecule has 0 saturated carbocycles. The van der Waals surface area contributed by atoms with Gasteiger partial charge in [-0.05, 0) is 34.0 Å². The van der Waals surface area contributed by atoms with Crippen LogP contribution >= 0.6 is 0 Å². The Bertz CT molecular complexity index is 1130. The van der Waals surface area contributed by atoms with Crippen molar-refractivity contribution in [3.63, 3.8) is 0 Å². The quantitative estimate of drug-likeness (QED) is 0.338. The SMILES string of the molecule is O=C([O-])Cn1cc[n+](Cc2ccc3cc(C[n+]4ccn(CC(=O)[O-])c4)ccc3c2)c1. The van der Waals surface area contributed by atoms with E-state index in [0.717, 1.165) is 21.9 Å². The topological polar surface area (TPSA) is 97.9 Å². The third kappa shape index (κ3) is 4.72. The minimum absolute atomic E-state index is 0.165. The van der Waals surface area contributed by atoms with Gasteiger partial charge in [0.1, 0.15) is 51.0 Å². The lowest BCUT2D eigenvalue weighted by Crippen LogP contribution is -2.33. The van der Waals surface area contributed by atoms with E-state index in [0.29, 0.717) is 13.1 Å². The zero-order chi connectivity index (χ0) is 21.1. The Morgan fingerprint density at radius 1 is 0.733 bits per heavy atom. The number of imidazole rings is 2. The van der Waals surface area contributed by atoms with Crippen molar-refractivity contribution in [1.29, 1.82) is 0 Å². The van der Waals surface area contributed by atoms with E-state index in [4.69, 9.17) is 0 Å². The van der Waals surface area contributed by atoms with Gasteiger partial charge in [0.05, 0.1) is 11.9 Å². The number of fused-ring (bicyclic) bond motifs is 1. The number of carboxylic acids is 2. The molecule has 0 spiro atoms. The van der Waals surface area contributed by atoms with Crippen LogP contribution in [0.1, 0.15) is 11.1 Å². The van der Waals surface area contributed by atoms with Gasteiger partial charge in [-0.15, -0.1) is 0 Å². The predicted molar refractivity (Wildman–Crippen MR) is 101 cm³/mol. The third-order valence-electron chi connectivity index (χ3n) is 4.82. The summed E-state index contributed by atoms with van der Waals surface area (Å²) in [7, 11) is 0. The minimum atomic E-state index is -1.12. The number of carboxylic acid groups (broad SMARTS) is 2. The number of hydrogen-bond donors (Lipinski definition) is 0. The summed E-state index contributed by atoms with van der Waals surface area (Å²) in [6.45, 7) is 0.948. The highest BCUT2D eigenvalue weighted by Gasteiger charge is 2.08. The van der Waals surface area contributed by atoms with Gasteiger partial charge < -0.3 is 19.8 Å². The van der Waals surface area contributed by atoms with Gasteiger partial charge in [0, 0.05) is 0 Å². The van der Waals surface area contributed by atoms with Crippen LogP contribution in [-0.2, 0) is 35.8 Å². The highest BCUT2D eigenvalue weighted by molar-refractivity contribution is 5.83.